The van der Waals surface area contributed by atoms with Crippen molar-refractivity contribution in [1.29, 1.82) is 0 Å². The molecule has 1 rings (SSSR count). The van der Waals surface area contributed by atoms with Gasteiger partial charge in [-0.25, -0.2) is 0 Å². The van der Waals surface area contributed by atoms with Gasteiger partial charge in [-0.1, -0.05) is 13.8 Å². The maximum Gasteiger partial charge on any atom is 0.0767 e. The fourth-order valence-electron chi connectivity index (χ4n) is 1.91. The van der Waals surface area contributed by atoms with Crippen molar-refractivity contribution >= 4 is 27.3 Å². The number of nitrogens with one attached hydrogen (secondary N) is 1. The summed E-state index contributed by atoms with van der Waals surface area (Å²) in [6.07, 6.45) is 1.04. The molecule has 0 amide bonds. The van der Waals surface area contributed by atoms with Crippen LogP contribution in [0.2, 0.25) is 0 Å². The highest BCUT2D eigenvalue weighted by molar-refractivity contribution is 9.11. The molecule has 0 fully saturated rings. The van der Waals surface area contributed by atoms with Crippen LogP contribution in [0.1, 0.15) is 25.6 Å². The van der Waals surface area contributed by atoms with E-state index in [-0.39, 0.29) is 12.1 Å². The lowest BCUT2D eigenvalue weighted by Crippen LogP contribution is -2.48. The molecule has 0 saturated heterocycles. The number of hydrazine groups is 1. The van der Waals surface area contributed by atoms with Crippen molar-refractivity contribution in [2.45, 2.75) is 39.3 Å². The van der Waals surface area contributed by atoms with Crippen LogP contribution in [0.3, 0.4) is 0 Å². The van der Waals surface area contributed by atoms with Gasteiger partial charge in [-0.05, 0) is 40.9 Å². The minimum absolute atomic E-state index is 0.144. The Morgan fingerprint density at radius 1 is 1.47 bits per heavy atom. The second-order valence-corrected chi connectivity index (χ2v) is 6.89. The molecule has 1 aromatic heterocycles. The van der Waals surface area contributed by atoms with E-state index >= 15 is 0 Å². The van der Waals surface area contributed by atoms with Crippen LogP contribution in [0.4, 0.5) is 0 Å². The molecule has 0 saturated carbocycles. The van der Waals surface area contributed by atoms with Crippen molar-refractivity contribution in [3.63, 3.8) is 0 Å². The second-order valence-electron chi connectivity index (χ2n) is 4.35. The van der Waals surface area contributed by atoms with Gasteiger partial charge >= 0.3 is 0 Å². The maximum atomic E-state index is 5.79. The highest BCUT2D eigenvalue weighted by atomic mass is 79.9. The maximum absolute atomic E-state index is 5.79. The molecular formula is C12H21BrN2OS. The zero-order valence-corrected chi connectivity index (χ0v) is 13.0. The molecule has 0 aromatic carbocycles. The van der Waals surface area contributed by atoms with Crippen molar-refractivity contribution in [2.24, 2.45) is 11.8 Å². The van der Waals surface area contributed by atoms with E-state index < -0.39 is 0 Å². The molecule has 0 aliphatic rings. The molecule has 3 nitrogen and oxygen atoms in total. The van der Waals surface area contributed by atoms with Crippen LogP contribution in [0.5, 0.6) is 0 Å². The summed E-state index contributed by atoms with van der Waals surface area (Å²) in [5.74, 6) is 6.10. The summed E-state index contributed by atoms with van der Waals surface area (Å²) in [7, 11) is 0. The molecule has 0 bridgehead atoms. The van der Waals surface area contributed by atoms with Crippen LogP contribution in [-0.4, -0.2) is 18.8 Å². The van der Waals surface area contributed by atoms with Crippen LogP contribution in [0.25, 0.3) is 0 Å². The molecular weight excluding hydrogens is 300 g/mol. The summed E-state index contributed by atoms with van der Waals surface area (Å²) < 4.78 is 6.94. The quantitative estimate of drug-likeness (QED) is 0.600. The largest absolute Gasteiger partial charge is 0.377 e. The standard InChI is InChI=1S/C12H21BrN2OS/c1-4-16-12(8(2)3)10(15-14)7-9-5-6-11(13)17-9/h5-6,8,10,12,15H,4,7,14H2,1-3H3. The van der Waals surface area contributed by atoms with Gasteiger partial charge in [0, 0.05) is 17.9 Å². The summed E-state index contributed by atoms with van der Waals surface area (Å²) in [6, 6.07) is 4.35. The lowest BCUT2D eigenvalue weighted by atomic mass is 9.97. The van der Waals surface area contributed by atoms with Crippen molar-refractivity contribution in [3.8, 4) is 0 Å². The minimum atomic E-state index is 0.144. The number of nitrogens with two attached hydrogens (primary N) is 1. The summed E-state index contributed by atoms with van der Waals surface area (Å²) in [5, 5.41) is 0. The van der Waals surface area contributed by atoms with E-state index in [0.717, 1.165) is 16.8 Å². The number of halogens is 1. The Bertz CT molecular complexity index is 330. The zero-order valence-electron chi connectivity index (χ0n) is 10.6. The minimum Gasteiger partial charge on any atom is -0.377 e. The number of thiophene rings is 1. The van der Waals surface area contributed by atoms with Crippen LogP contribution < -0.4 is 11.3 Å². The van der Waals surface area contributed by atoms with Gasteiger partial charge in [-0.2, -0.15) is 0 Å². The summed E-state index contributed by atoms with van der Waals surface area (Å²) in [6.45, 7) is 7.06. The molecule has 0 aliphatic heterocycles. The fraction of sp³-hybridized carbons (Fsp3) is 0.667. The Kier molecular flexibility index (Phi) is 6.66. The summed E-state index contributed by atoms with van der Waals surface area (Å²) in [4.78, 5) is 1.31. The molecule has 0 aliphatic carbocycles. The molecule has 0 spiro atoms. The van der Waals surface area contributed by atoms with E-state index in [9.17, 15) is 0 Å². The SMILES string of the molecule is CCOC(C(C)C)C(Cc1ccc(Br)s1)NN. The molecule has 3 N–H and O–H groups in total. The molecule has 98 valence electrons. The zero-order chi connectivity index (χ0) is 12.8. The van der Waals surface area contributed by atoms with Gasteiger partial charge in [0.05, 0.1) is 15.9 Å². The number of rotatable bonds is 7. The molecule has 5 heteroatoms. The van der Waals surface area contributed by atoms with Crippen LogP contribution in [0, 0.1) is 5.92 Å². The first-order valence-electron chi connectivity index (χ1n) is 5.90. The van der Waals surface area contributed by atoms with E-state index in [2.05, 4.69) is 47.3 Å². The molecule has 0 radical (unpaired) electrons. The Balaban J connectivity index is 2.68. The van der Waals surface area contributed by atoms with Crippen molar-refractivity contribution < 1.29 is 4.74 Å². The van der Waals surface area contributed by atoms with Crippen LogP contribution in [0.15, 0.2) is 15.9 Å². The third-order valence-electron chi connectivity index (χ3n) is 2.68. The lowest BCUT2D eigenvalue weighted by Gasteiger charge is -2.29. The molecule has 2 atom stereocenters. The average Bonchev–Trinajstić information content (AvgIpc) is 2.68. The first kappa shape index (κ1) is 15.1. The topological polar surface area (TPSA) is 47.3 Å². The average molecular weight is 321 g/mol. The Hall–Kier alpha value is 0.0600. The van der Waals surface area contributed by atoms with E-state index in [0.29, 0.717) is 5.92 Å². The van der Waals surface area contributed by atoms with Gasteiger partial charge in [0.2, 0.25) is 0 Å². The van der Waals surface area contributed by atoms with Gasteiger partial charge in [0.25, 0.3) is 0 Å². The van der Waals surface area contributed by atoms with Gasteiger partial charge in [-0.3, -0.25) is 11.3 Å². The third-order valence-corrected chi connectivity index (χ3v) is 4.32. The number of ether oxygens (including phenoxy) is 1. The molecule has 1 aromatic rings. The molecule has 1 heterocycles. The van der Waals surface area contributed by atoms with Crippen molar-refractivity contribution in [2.75, 3.05) is 6.61 Å². The van der Waals surface area contributed by atoms with Gasteiger partial charge in [0.15, 0.2) is 0 Å². The van der Waals surface area contributed by atoms with Crippen molar-refractivity contribution in [1.82, 2.24) is 5.43 Å². The van der Waals surface area contributed by atoms with Crippen molar-refractivity contribution in [3.05, 3.63) is 20.8 Å². The van der Waals surface area contributed by atoms with Crippen LogP contribution in [-0.2, 0) is 11.2 Å². The van der Waals surface area contributed by atoms with E-state index in [1.807, 2.05) is 6.92 Å². The monoisotopic (exact) mass is 320 g/mol. The smallest absolute Gasteiger partial charge is 0.0767 e. The highest BCUT2D eigenvalue weighted by Crippen LogP contribution is 2.24. The molecule has 17 heavy (non-hydrogen) atoms. The number of hydrogen-bond donors (Lipinski definition) is 2. The highest BCUT2D eigenvalue weighted by Gasteiger charge is 2.24. The Labute approximate surface area is 116 Å². The first-order chi connectivity index (χ1) is 8.08. The second kappa shape index (κ2) is 7.48. The third kappa shape index (κ3) is 4.67. The van der Waals surface area contributed by atoms with Gasteiger partial charge < -0.3 is 4.74 Å². The summed E-state index contributed by atoms with van der Waals surface area (Å²) in [5.41, 5.74) is 2.89. The van der Waals surface area contributed by atoms with Crippen LogP contribution >= 0.6 is 27.3 Å². The molecule has 2 unspecified atom stereocenters. The fourth-order valence-corrected chi connectivity index (χ4v) is 3.46. The lowest BCUT2D eigenvalue weighted by molar-refractivity contribution is 0.00373. The predicted octanol–water partition coefficient (Wildman–Crippen LogP) is 2.95. The first-order valence-corrected chi connectivity index (χ1v) is 7.51. The van der Waals surface area contributed by atoms with E-state index in [1.165, 1.54) is 4.88 Å². The van der Waals surface area contributed by atoms with E-state index in [1.54, 1.807) is 11.3 Å². The van der Waals surface area contributed by atoms with Gasteiger partial charge in [-0.15, -0.1) is 11.3 Å². The van der Waals surface area contributed by atoms with Gasteiger partial charge in [0.1, 0.15) is 0 Å². The normalized spacial score (nSPS) is 15.2. The van der Waals surface area contributed by atoms with E-state index in [4.69, 9.17) is 10.6 Å². The Morgan fingerprint density at radius 3 is 2.59 bits per heavy atom. The Morgan fingerprint density at radius 2 is 2.18 bits per heavy atom. The summed E-state index contributed by atoms with van der Waals surface area (Å²) >= 11 is 5.22. The predicted molar refractivity (Wildman–Crippen MR) is 77.1 cm³/mol. The number of hydrogen-bond acceptors (Lipinski definition) is 4.